The summed E-state index contributed by atoms with van der Waals surface area (Å²) in [4.78, 5) is 0. The Hall–Kier alpha value is -5.74. The van der Waals surface area contributed by atoms with E-state index in [9.17, 15) is 0 Å². The lowest BCUT2D eigenvalue weighted by Crippen LogP contribution is -2.28. The summed E-state index contributed by atoms with van der Waals surface area (Å²) in [6, 6.07) is 31.2. The van der Waals surface area contributed by atoms with Gasteiger partial charge in [-0.2, -0.15) is 4.31 Å². The van der Waals surface area contributed by atoms with Gasteiger partial charge in [0.25, 0.3) is 0 Å². The number of phosphoric ester groups is 2. The van der Waals surface area contributed by atoms with E-state index >= 15 is 9.13 Å². The highest BCUT2D eigenvalue weighted by atomic mass is 31.3. The number of aryl methyl sites for hydroxylation is 4. The van der Waals surface area contributed by atoms with Crippen LogP contribution in [0.4, 0.5) is 22.7 Å². The van der Waals surface area contributed by atoms with E-state index in [-0.39, 0.29) is 0 Å². The number of hydrogen-bond donors (Lipinski definition) is 4. The molecule has 81 heavy (non-hydrogen) atoms. The number of anilines is 4. The molecule has 0 radical (unpaired) electrons. The van der Waals surface area contributed by atoms with Gasteiger partial charge in [0.1, 0.15) is 0 Å². The first kappa shape index (κ1) is 67.8. The molecule has 11 nitrogen and oxygen atoms in total. The Morgan fingerprint density at radius 2 is 0.580 bits per heavy atom. The number of allylic oxidation sites excluding steroid dienone is 12. The molecule has 0 saturated carbocycles. The van der Waals surface area contributed by atoms with Crippen molar-refractivity contribution in [2.45, 2.75) is 187 Å². The lowest BCUT2D eigenvalue weighted by molar-refractivity contribution is 0.0825. The summed E-state index contributed by atoms with van der Waals surface area (Å²) in [7, 11) is -10.5. The van der Waals surface area contributed by atoms with Gasteiger partial charge in [0.15, 0.2) is 24.9 Å². The first-order chi connectivity index (χ1) is 38.3. The first-order valence-corrected chi connectivity index (χ1v) is 31.5. The van der Waals surface area contributed by atoms with Gasteiger partial charge in [-0.1, -0.05) is 117 Å². The summed E-state index contributed by atoms with van der Waals surface area (Å²) in [6.07, 6.45) is 17.3. The molecule has 440 valence electrons. The highest BCUT2D eigenvalue weighted by molar-refractivity contribution is 7.62. The quantitative estimate of drug-likeness (QED) is 0.0203. The van der Waals surface area contributed by atoms with Crippen LogP contribution < -0.4 is 21.3 Å². The summed E-state index contributed by atoms with van der Waals surface area (Å²) >= 11 is 0. The maximum Gasteiger partial charge on any atom is 0.488 e. The molecule has 0 heterocycles. The minimum absolute atomic E-state index is 0.680. The van der Waals surface area contributed by atoms with Gasteiger partial charge >= 0.3 is 15.6 Å². The fourth-order valence-electron chi connectivity index (χ4n) is 8.52. The van der Waals surface area contributed by atoms with Crippen molar-refractivity contribution in [1.29, 1.82) is 0 Å². The van der Waals surface area contributed by atoms with Crippen molar-refractivity contribution in [2.75, 3.05) is 21.3 Å². The third kappa shape index (κ3) is 28.7. The largest absolute Gasteiger partial charge is 0.488 e. The first-order valence-electron chi connectivity index (χ1n) is 28.5. The smallest absolute Gasteiger partial charge is 0.356 e. The molecule has 4 rings (SSSR count). The Kier molecular flexibility index (Phi) is 29.0. The number of hydrogen-bond acceptors (Lipinski definition) is 11. The van der Waals surface area contributed by atoms with E-state index in [0.717, 1.165) is 70.2 Å². The van der Waals surface area contributed by atoms with Crippen LogP contribution in [0.2, 0.25) is 0 Å². The molecule has 0 spiro atoms. The fourth-order valence-corrected chi connectivity index (χ4v) is 11.8. The van der Waals surface area contributed by atoms with Crippen LogP contribution in [-0.2, 0) is 31.5 Å². The zero-order valence-electron chi connectivity index (χ0n) is 51.6. The predicted molar refractivity (Wildman–Crippen MR) is 345 cm³/mol. The van der Waals surface area contributed by atoms with Crippen LogP contribution in [0.25, 0.3) is 0 Å². The fraction of sp³-hybridized carbons (Fsp3) is 0.412. The minimum atomic E-state index is -5.23. The van der Waals surface area contributed by atoms with Crippen LogP contribution in [0, 0.1) is 27.7 Å². The van der Waals surface area contributed by atoms with Crippen LogP contribution >= 0.6 is 15.6 Å². The third-order valence-corrected chi connectivity index (χ3v) is 16.1. The van der Waals surface area contributed by atoms with Crippen molar-refractivity contribution >= 4 is 38.4 Å². The molecule has 4 N–H and O–H groups in total. The number of nitrogens with one attached hydrogen (secondary N) is 4. The second-order valence-corrected chi connectivity index (χ2v) is 25.8. The van der Waals surface area contributed by atoms with E-state index in [1.54, 1.807) is 0 Å². The highest BCUT2D eigenvalue weighted by Crippen LogP contribution is 2.68. The Labute approximate surface area is 488 Å². The molecule has 0 aliphatic carbocycles. The summed E-state index contributed by atoms with van der Waals surface area (Å²) in [5, 5.41) is 13.8. The third-order valence-electron chi connectivity index (χ3n) is 12.6. The van der Waals surface area contributed by atoms with E-state index in [1.807, 2.05) is 177 Å². The zero-order valence-corrected chi connectivity index (χ0v) is 53.4. The summed E-state index contributed by atoms with van der Waals surface area (Å²) in [5.74, 6) is 0. The second kappa shape index (κ2) is 34.6. The lowest BCUT2D eigenvalue weighted by Gasteiger charge is -2.32. The molecule has 0 fully saturated rings. The highest BCUT2D eigenvalue weighted by Gasteiger charge is 2.46. The van der Waals surface area contributed by atoms with Crippen LogP contribution in [0.15, 0.2) is 190 Å². The Bertz CT molecular complexity index is 2600. The van der Waals surface area contributed by atoms with E-state index < -0.39 is 40.6 Å². The molecule has 0 aliphatic rings. The topological polar surface area (TPSA) is 128 Å². The molecule has 0 aliphatic heterocycles. The molecule has 0 amide bonds. The van der Waals surface area contributed by atoms with E-state index in [1.165, 1.54) is 22.3 Å². The Morgan fingerprint density at radius 1 is 0.370 bits per heavy atom. The minimum Gasteiger partial charge on any atom is -0.356 e. The van der Waals surface area contributed by atoms with E-state index in [2.05, 4.69) is 101 Å². The van der Waals surface area contributed by atoms with Gasteiger partial charge in [-0.25, -0.2) is 9.13 Å². The molecular weight excluding hydrogens is 1050 g/mol. The molecule has 0 saturated heterocycles. The summed E-state index contributed by atoms with van der Waals surface area (Å²) in [5.41, 5.74) is 15.3. The monoisotopic (exact) mass is 1140 g/mol. The molecule has 4 atom stereocenters. The SMILES string of the molecule is CC(C)=CCC/C(C)=C/C(Nc1cccc(C)c1)OP(=O)(OC(/C=C(\C)CCC=C(C)C)Nc1cccc(C)c1)OP(=O)(OC(/C=C(\C)CCC=C(C)C)Nc1cccc(C)c1)OC(/C=C(\C)CCC=C(C)C)Nc1cccc(C)c1. The maximum absolute atomic E-state index is 16.7. The second-order valence-electron chi connectivity index (χ2n) is 22.5. The van der Waals surface area contributed by atoms with Gasteiger partial charge < -0.3 is 21.3 Å². The number of phosphoric acid groups is 2. The molecule has 13 heteroatoms. The van der Waals surface area contributed by atoms with Crippen molar-refractivity contribution in [3.63, 3.8) is 0 Å². The number of rotatable bonds is 34. The summed E-state index contributed by atoms with van der Waals surface area (Å²) < 4.78 is 67.4. The lowest BCUT2D eigenvalue weighted by atomic mass is 10.1. The summed E-state index contributed by atoms with van der Waals surface area (Å²) in [6.45, 7) is 32.5. The normalized spacial score (nSPS) is 15.2. The average Bonchev–Trinajstić information content (AvgIpc) is 3.39. The molecule has 4 unspecified atom stereocenters. The van der Waals surface area contributed by atoms with Crippen molar-refractivity contribution < 1.29 is 31.5 Å². The van der Waals surface area contributed by atoms with Crippen molar-refractivity contribution in [2.24, 2.45) is 0 Å². The van der Waals surface area contributed by atoms with Gasteiger partial charge in [-0.3, -0.25) is 18.1 Å². The molecule has 0 aromatic heterocycles. The van der Waals surface area contributed by atoms with Crippen molar-refractivity contribution in [3.8, 4) is 0 Å². The maximum atomic E-state index is 16.7. The van der Waals surface area contributed by atoms with Gasteiger partial charge in [0, 0.05) is 22.7 Å². The van der Waals surface area contributed by atoms with E-state index in [4.69, 9.17) is 22.4 Å². The zero-order chi connectivity index (χ0) is 59.5. The molecule has 4 aromatic carbocycles. The Balaban J connectivity index is 2.09. The standard InChI is InChI=1S/C68H96N4O7P2/c1-49(2)25-17-29-57(13)45-65(69-61-37-21-33-53(9)41-61)75-80(73,76-66(46-58(14)30-18-26-50(3)4)70-62-38-22-34-54(10)42-62)79-81(74,77-67(47-59(15)31-19-27-51(5)6)71-63-39-23-35-55(11)43-63)78-68(48-60(16)32-20-28-52(7)8)72-64-40-24-36-56(12)44-64/h21-28,33-48,65-72H,17-20,29-32H2,1-16H3/b57-45+,58-46+,59-47+,60-48+. The van der Waals surface area contributed by atoms with Gasteiger partial charge in [0.2, 0.25) is 0 Å². The van der Waals surface area contributed by atoms with Crippen LogP contribution in [0.5, 0.6) is 0 Å². The molecule has 4 aromatic rings. The van der Waals surface area contributed by atoms with Gasteiger partial charge in [0.05, 0.1) is 0 Å². The predicted octanol–water partition coefficient (Wildman–Crippen LogP) is 21.0. The van der Waals surface area contributed by atoms with Crippen molar-refractivity contribution in [3.05, 3.63) is 213 Å². The number of benzene rings is 4. The van der Waals surface area contributed by atoms with Gasteiger partial charge in [-0.15, -0.1) is 0 Å². The average molecular weight is 1140 g/mol. The molecular formula is C68H96N4O7P2. The van der Waals surface area contributed by atoms with E-state index in [0.29, 0.717) is 48.4 Å². The van der Waals surface area contributed by atoms with Gasteiger partial charge in [-0.05, 0) is 257 Å². The van der Waals surface area contributed by atoms with Crippen molar-refractivity contribution in [1.82, 2.24) is 0 Å². The van der Waals surface area contributed by atoms with Crippen LogP contribution in [-0.4, -0.2) is 24.9 Å². The van der Waals surface area contributed by atoms with Crippen LogP contribution in [0.3, 0.4) is 0 Å². The Morgan fingerprint density at radius 3 is 0.765 bits per heavy atom. The van der Waals surface area contributed by atoms with Crippen LogP contribution in [0.1, 0.15) is 157 Å². The molecule has 0 bridgehead atoms.